The third-order valence-corrected chi connectivity index (χ3v) is 4.88. The fourth-order valence-electron chi connectivity index (χ4n) is 2.82. The molecule has 4 heteroatoms. The maximum Gasteiger partial charge on any atom is 0.172 e. The van der Waals surface area contributed by atoms with Crippen molar-refractivity contribution >= 4 is 17.1 Å². The minimum absolute atomic E-state index is 0.188. The maximum atomic E-state index is 11.9. The summed E-state index contributed by atoms with van der Waals surface area (Å²) in [5, 5.41) is 11.9. The van der Waals surface area contributed by atoms with Gasteiger partial charge in [-0.2, -0.15) is 0 Å². The van der Waals surface area contributed by atoms with Crippen molar-refractivity contribution in [1.29, 1.82) is 0 Å². The molecule has 106 valence electrons. The van der Waals surface area contributed by atoms with Gasteiger partial charge in [-0.05, 0) is 44.3 Å². The number of aliphatic hydroxyl groups is 1. The van der Waals surface area contributed by atoms with Crippen molar-refractivity contribution in [1.82, 2.24) is 4.90 Å². The smallest absolute Gasteiger partial charge is 0.172 e. The quantitative estimate of drug-likeness (QED) is 0.815. The normalized spacial score (nSPS) is 23.7. The van der Waals surface area contributed by atoms with Crippen molar-refractivity contribution < 1.29 is 9.90 Å². The van der Waals surface area contributed by atoms with E-state index in [9.17, 15) is 9.90 Å². The van der Waals surface area contributed by atoms with Crippen LogP contribution in [0.25, 0.3) is 0 Å². The Morgan fingerprint density at radius 3 is 2.95 bits per heavy atom. The Balaban J connectivity index is 1.71. The number of likely N-dealkylation sites (N-methyl/N-ethyl adjacent to an activating group) is 1. The molecule has 1 aliphatic carbocycles. The van der Waals surface area contributed by atoms with E-state index in [-0.39, 0.29) is 17.9 Å². The molecule has 3 nitrogen and oxygen atoms in total. The summed E-state index contributed by atoms with van der Waals surface area (Å²) in [5.41, 5.74) is 0. The molecule has 0 radical (unpaired) electrons. The van der Waals surface area contributed by atoms with Crippen molar-refractivity contribution in [3.05, 3.63) is 22.4 Å². The third kappa shape index (κ3) is 4.13. The number of thiophene rings is 1. The van der Waals surface area contributed by atoms with E-state index in [1.54, 1.807) is 0 Å². The van der Waals surface area contributed by atoms with Crippen LogP contribution in [0.2, 0.25) is 0 Å². The molecular weight excluding hydrogens is 258 g/mol. The van der Waals surface area contributed by atoms with Gasteiger partial charge in [-0.25, -0.2) is 0 Å². The molecule has 2 unspecified atom stereocenters. The Bertz CT molecular complexity index is 391. The van der Waals surface area contributed by atoms with Gasteiger partial charge in [0.25, 0.3) is 0 Å². The number of carbonyl (C=O) groups excluding carboxylic acids is 1. The zero-order chi connectivity index (χ0) is 13.7. The minimum Gasteiger partial charge on any atom is -0.391 e. The summed E-state index contributed by atoms with van der Waals surface area (Å²) in [4.78, 5) is 15.0. The minimum atomic E-state index is -0.188. The average molecular weight is 281 g/mol. The largest absolute Gasteiger partial charge is 0.391 e. The zero-order valence-electron chi connectivity index (χ0n) is 11.5. The first kappa shape index (κ1) is 14.7. The van der Waals surface area contributed by atoms with Gasteiger partial charge in [-0.1, -0.05) is 18.9 Å². The van der Waals surface area contributed by atoms with E-state index < -0.39 is 0 Å². The second kappa shape index (κ2) is 7.17. The fourth-order valence-corrected chi connectivity index (χ4v) is 3.52. The lowest BCUT2D eigenvalue weighted by atomic mass is 9.91. The number of hydrogen-bond donors (Lipinski definition) is 1. The van der Waals surface area contributed by atoms with Gasteiger partial charge in [0.2, 0.25) is 0 Å². The summed E-state index contributed by atoms with van der Waals surface area (Å²) in [6.07, 6.45) is 5.64. The van der Waals surface area contributed by atoms with Crippen LogP contribution in [0.1, 0.15) is 48.2 Å². The predicted octanol–water partition coefficient (Wildman–Crippen LogP) is 2.95. The highest BCUT2D eigenvalue weighted by atomic mass is 32.1. The van der Waals surface area contributed by atoms with Crippen LogP contribution in [0.15, 0.2) is 17.5 Å². The summed E-state index contributed by atoms with van der Waals surface area (Å²) in [6.45, 7) is 0.888. The highest BCUT2D eigenvalue weighted by Crippen LogP contribution is 2.22. The highest BCUT2D eigenvalue weighted by Gasteiger charge is 2.26. The first-order valence-corrected chi connectivity index (χ1v) is 8.01. The summed E-state index contributed by atoms with van der Waals surface area (Å²) in [6, 6.07) is 4.09. The van der Waals surface area contributed by atoms with Gasteiger partial charge in [0.05, 0.1) is 11.0 Å². The Morgan fingerprint density at radius 1 is 1.47 bits per heavy atom. The number of ketones is 1. The van der Waals surface area contributed by atoms with Crippen LogP contribution in [0.5, 0.6) is 0 Å². The number of aliphatic hydroxyl groups excluding tert-OH is 1. The van der Waals surface area contributed by atoms with Crippen molar-refractivity contribution in [2.45, 2.75) is 50.7 Å². The Morgan fingerprint density at radius 2 is 2.26 bits per heavy atom. The molecule has 0 saturated heterocycles. The summed E-state index contributed by atoms with van der Waals surface area (Å²) in [5.74, 6) is 0.243. The average Bonchev–Trinajstić information content (AvgIpc) is 2.93. The van der Waals surface area contributed by atoms with Gasteiger partial charge in [-0.15, -0.1) is 11.3 Å². The third-order valence-electron chi connectivity index (χ3n) is 3.97. The van der Waals surface area contributed by atoms with Crippen LogP contribution in [0.3, 0.4) is 0 Å². The Hall–Kier alpha value is -0.710. The van der Waals surface area contributed by atoms with E-state index in [4.69, 9.17) is 0 Å². The molecule has 1 N–H and O–H groups in total. The molecule has 0 aliphatic heterocycles. The van der Waals surface area contributed by atoms with Crippen molar-refractivity contribution in [2.24, 2.45) is 0 Å². The summed E-state index contributed by atoms with van der Waals surface area (Å²) in [7, 11) is 2.06. The van der Waals surface area contributed by atoms with Crippen molar-refractivity contribution in [3.63, 3.8) is 0 Å². The van der Waals surface area contributed by atoms with Crippen molar-refractivity contribution in [2.75, 3.05) is 13.6 Å². The first-order valence-electron chi connectivity index (χ1n) is 7.13. The van der Waals surface area contributed by atoms with Crippen LogP contribution in [-0.2, 0) is 0 Å². The van der Waals surface area contributed by atoms with Crippen molar-refractivity contribution in [3.8, 4) is 0 Å². The van der Waals surface area contributed by atoms with E-state index in [0.29, 0.717) is 6.42 Å². The molecular formula is C15H23NO2S. The molecule has 1 fully saturated rings. The highest BCUT2D eigenvalue weighted by molar-refractivity contribution is 7.12. The van der Waals surface area contributed by atoms with Crippen LogP contribution in [0, 0.1) is 0 Å². The van der Waals surface area contributed by atoms with Gasteiger partial charge in [0, 0.05) is 12.5 Å². The molecule has 1 heterocycles. The van der Waals surface area contributed by atoms with Gasteiger partial charge in [0.15, 0.2) is 5.78 Å². The lowest BCUT2D eigenvalue weighted by Gasteiger charge is -2.35. The lowest BCUT2D eigenvalue weighted by molar-refractivity contribution is 0.0316. The van der Waals surface area contributed by atoms with Gasteiger partial charge in [-0.3, -0.25) is 4.79 Å². The van der Waals surface area contributed by atoms with Gasteiger partial charge >= 0.3 is 0 Å². The van der Waals surface area contributed by atoms with E-state index in [0.717, 1.165) is 37.1 Å². The van der Waals surface area contributed by atoms with E-state index >= 15 is 0 Å². The van der Waals surface area contributed by atoms with E-state index in [1.165, 1.54) is 17.8 Å². The second-order valence-corrected chi connectivity index (χ2v) is 6.35. The molecule has 0 aromatic carbocycles. The Labute approximate surface area is 119 Å². The van der Waals surface area contributed by atoms with Crippen LogP contribution in [-0.4, -0.2) is 41.5 Å². The number of rotatable bonds is 6. The number of nitrogens with zero attached hydrogens (tertiary/aromatic N) is 1. The zero-order valence-corrected chi connectivity index (χ0v) is 12.4. The molecule has 19 heavy (non-hydrogen) atoms. The topological polar surface area (TPSA) is 40.5 Å². The number of carbonyl (C=O) groups is 1. The number of hydrogen-bond acceptors (Lipinski definition) is 4. The van der Waals surface area contributed by atoms with E-state index in [1.807, 2.05) is 17.5 Å². The standard InChI is InChI=1S/C15H23NO2S/c1-16(12-6-2-3-7-13(12)17)10-4-8-14(18)15-9-5-11-19-15/h5,9,11-13,17H,2-4,6-8,10H2,1H3. The van der Waals surface area contributed by atoms with Crippen LogP contribution in [0.4, 0.5) is 0 Å². The lowest BCUT2D eigenvalue weighted by Crippen LogP contribution is -2.43. The molecule has 0 bridgehead atoms. The fraction of sp³-hybridized carbons (Fsp3) is 0.667. The summed E-state index contributed by atoms with van der Waals surface area (Å²) < 4.78 is 0. The molecule has 0 spiro atoms. The monoisotopic (exact) mass is 281 g/mol. The van der Waals surface area contributed by atoms with Gasteiger partial charge < -0.3 is 10.0 Å². The molecule has 2 atom stereocenters. The van der Waals surface area contributed by atoms with Crippen LogP contribution < -0.4 is 0 Å². The molecule has 1 aromatic rings. The summed E-state index contributed by atoms with van der Waals surface area (Å²) >= 11 is 1.52. The molecule has 1 aromatic heterocycles. The molecule has 2 rings (SSSR count). The molecule has 1 saturated carbocycles. The molecule has 0 amide bonds. The van der Waals surface area contributed by atoms with Crippen LogP contribution >= 0.6 is 11.3 Å². The Kier molecular flexibility index (Phi) is 5.55. The van der Waals surface area contributed by atoms with Gasteiger partial charge in [0.1, 0.15) is 0 Å². The number of Topliss-reactive ketones (excluding diaryl/α,β-unsaturated/α-hetero) is 1. The maximum absolute atomic E-state index is 11.9. The van der Waals surface area contributed by atoms with E-state index in [2.05, 4.69) is 11.9 Å². The SMILES string of the molecule is CN(CCCC(=O)c1cccs1)C1CCCCC1O. The predicted molar refractivity (Wildman–Crippen MR) is 78.8 cm³/mol. The molecule has 1 aliphatic rings. The first-order chi connectivity index (χ1) is 9.18. The second-order valence-electron chi connectivity index (χ2n) is 5.40.